The van der Waals surface area contributed by atoms with Crippen LogP contribution in [0.1, 0.15) is 33.0 Å². The second-order valence-electron chi connectivity index (χ2n) is 5.09. The summed E-state index contributed by atoms with van der Waals surface area (Å²) < 4.78 is 11.2. The number of rotatable bonds is 4. The molecule has 0 aliphatic carbocycles. The normalized spacial score (nSPS) is 10.5. The molecule has 0 spiro atoms. The minimum absolute atomic E-state index is 0.000451. The van der Waals surface area contributed by atoms with Crippen LogP contribution in [0.15, 0.2) is 50.4 Å². The van der Waals surface area contributed by atoms with Crippen LogP contribution in [0.4, 0.5) is 0 Å². The molecule has 24 heavy (non-hydrogen) atoms. The maximum Gasteiger partial charge on any atom is 0.271 e. The van der Waals surface area contributed by atoms with Crippen molar-refractivity contribution in [1.82, 2.24) is 4.57 Å². The molecular formula is C17H12N2O5. The first-order valence-corrected chi connectivity index (χ1v) is 7.01. The number of nitrogens with zero attached hydrogens (tertiary/aromatic N) is 2. The molecule has 0 aliphatic rings. The molecule has 0 bridgehead atoms. The number of furan rings is 2. The minimum atomic E-state index is -0.695. The van der Waals surface area contributed by atoms with Crippen molar-refractivity contribution in [2.75, 3.05) is 0 Å². The van der Waals surface area contributed by atoms with Crippen LogP contribution in [0.3, 0.4) is 0 Å². The Morgan fingerprint density at radius 3 is 2.58 bits per heavy atom. The van der Waals surface area contributed by atoms with Gasteiger partial charge >= 0.3 is 0 Å². The molecule has 0 atom stereocenters. The van der Waals surface area contributed by atoms with Gasteiger partial charge in [-0.05, 0) is 36.8 Å². The fourth-order valence-electron chi connectivity index (χ4n) is 2.46. The van der Waals surface area contributed by atoms with Gasteiger partial charge in [-0.3, -0.25) is 14.2 Å². The largest absolute Gasteiger partial charge is 0.494 e. The Balaban J connectivity index is 2.24. The van der Waals surface area contributed by atoms with Crippen LogP contribution in [0.2, 0.25) is 0 Å². The zero-order valence-electron chi connectivity index (χ0n) is 12.6. The Hall–Kier alpha value is -3.53. The number of carbonyl (C=O) groups is 1. The summed E-state index contributed by atoms with van der Waals surface area (Å²) in [6.45, 7) is 1.33. The fraction of sp³-hybridized carbons (Fsp3) is 0.118. The van der Waals surface area contributed by atoms with Crippen LogP contribution in [0.5, 0.6) is 5.88 Å². The molecule has 3 rings (SSSR count). The molecule has 7 nitrogen and oxygen atoms in total. The van der Waals surface area contributed by atoms with Gasteiger partial charge in [0, 0.05) is 0 Å². The Bertz CT molecular complexity index is 989. The third-order valence-corrected chi connectivity index (χ3v) is 3.67. The fourth-order valence-corrected chi connectivity index (χ4v) is 2.46. The van der Waals surface area contributed by atoms with E-state index in [4.69, 9.17) is 8.83 Å². The van der Waals surface area contributed by atoms with Crippen LogP contribution in [0.25, 0.3) is 0 Å². The number of ketones is 1. The standard InChI is InChI=1S/C17H12N2O5/c1-10-12(8-18)16(21)19(9-11-4-2-6-23-11)17(22)14(10)15(20)13-5-3-7-24-13/h2-7,22H,9H2,1H3. The van der Waals surface area contributed by atoms with E-state index in [1.807, 2.05) is 0 Å². The average Bonchev–Trinajstić information content (AvgIpc) is 3.25. The zero-order chi connectivity index (χ0) is 17.3. The van der Waals surface area contributed by atoms with Crippen LogP contribution in [-0.4, -0.2) is 15.5 Å². The highest BCUT2D eigenvalue weighted by atomic mass is 16.3. The Morgan fingerprint density at radius 1 is 1.29 bits per heavy atom. The molecule has 0 amide bonds. The van der Waals surface area contributed by atoms with Crippen molar-refractivity contribution in [3.05, 3.63) is 75.4 Å². The summed E-state index contributed by atoms with van der Waals surface area (Å²) in [5, 5.41) is 19.8. The van der Waals surface area contributed by atoms with Gasteiger partial charge in [-0.1, -0.05) is 0 Å². The summed E-state index contributed by atoms with van der Waals surface area (Å²) in [5.74, 6) is -0.744. The SMILES string of the molecule is Cc1c(C(=O)c2ccco2)c(O)n(Cc2ccco2)c(=O)c1C#N. The number of hydrogen-bond acceptors (Lipinski definition) is 6. The van der Waals surface area contributed by atoms with Gasteiger partial charge in [0.1, 0.15) is 17.4 Å². The molecule has 0 unspecified atom stereocenters. The summed E-state index contributed by atoms with van der Waals surface area (Å²) in [7, 11) is 0. The topological polar surface area (TPSA) is 109 Å². The van der Waals surface area contributed by atoms with E-state index in [2.05, 4.69) is 0 Å². The smallest absolute Gasteiger partial charge is 0.271 e. The van der Waals surface area contributed by atoms with E-state index in [0.717, 1.165) is 4.57 Å². The van der Waals surface area contributed by atoms with Gasteiger partial charge in [-0.2, -0.15) is 5.26 Å². The third-order valence-electron chi connectivity index (χ3n) is 3.67. The number of aromatic nitrogens is 1. The lowest BCUT2D eigenvalue weighted by Crippen LogP contribution is -2.27. The Kier molecular flexibility index (Phi) is 3.80. The highest BCUT2D eigenvalue weighted by molar-refractivity contribution is 6.09. The van der Waals surface area contributed by atoms with E-state index in [9.17, 15) is 20.0 Å². The Labute approximate surface area is 136 Å². The predicted molar refractivity (Wildman–Crippen MR) is 81.8 cm³/mol. The molecule has 0 aromatic carbocycles. The molecule has 120 valence electrons. The second kappa shape index (κ2) is 5.93. The molecule has 0 saturated carbocycles. The molecular weight excluding hydrogens is 312 g/mol. The van der Waals surface area contributed by atoms with Crippen molar-refractivity contribution >= 4 is 5.78 Å². The van der Waals surface area contributed by atoms with E-state index in [-0.39, 0.29) is 29.0 Å². The minimum Gasteiger partial charge on any atom is -0.494 e. The molecule has 0 saturated heterocycles. The van der Waals surface area contributed by atoms with Crippen molar-refractivity contribution in [3.8, 4) is 11.9 Å². The number of carbonyl (C=O) groups excluding carboxylic acids is 1. The van der Waals surface area contributed by atoms with E-state index in [1.54, 1.807) is 18.2 Å². The maximum absolute atomic E-state index is 12.6. The van der Waals surface area contributed by atoms with Crippen LogP contribution >= 0.6 is 0 Å². The lowest BCUT2D eigenvalue weighted by atomic mass is 10.0. The molecule has 3 heterocycles. The first-order valence-electron chi connectivity index (χ1n) is 7.01. The summed E-state index contributed by atoms with van der Waals surface area (Å²) in [6, 6.07) is 8.01. The highest BCUT2D eigenvalue weighted by Crippen LogP contribution is 2.25. The Morgan fingerprint density at radius 2 is 2.00 bits per heavy atom. The van der Waals surface area contributed by atoms with Gasteiger partial charge in [-0.15, -0.1) is 0 Å². The summed E-state index contributed by atoms with van der Waals surface area (Å²) in [4.78, 5) is 25.0. The first-order chi connectivity index (χ1) is 11.5. The van der Waals surface area contributed by atoms with Crippen LogP contribution in [0, 0.1) is 18.3 Å². The average molecular weight is 324 g/mol. The quantitative estimate of drug-likeness (QED) is 0.737. The molecule has 3 aromatic rings. The van der Waals surface area contributed by atoms with Crippen molar-refractivity contribution in [2.24, 2.45) is 0 Å². The third kappa shape index (κ3) is 2.40. The number of pyridine rings is 1. The van der Waals surface area contributed by atoms with Gasteiger partial charge in [0.2, 0.25) is 11.7 Å². The van der Waals surface area contributed by atoms with E-state index in [0.29, 0.717) is 5.76 Å². The summed E-state index contributed by atoms with van der Waals surface area (Å²) in [5.41, 5.74) is -0.945. The van der Waals surface area contributed by atoms with E-state index < -0.39 is 17.2 Å². The second-order valence-corrected chi connectivity index (χ2v) is 5.09. The molecule has 0 aliphatic heterocycles. The van der Waals surface area contributed by atoms with Gasteiger partial charge in [0.05, 0.1) is 24.6 Å². The maximum atomic E-state index is 12.6. The molecule has 3 aromatic heterocycles. The van der Waals surface area contributed by atoms with Crippen molar-refractivity contribution in [3.63, 3.8) is 0 Å². The van der Waals surface area contributed by atoms with Gasteiger partial charge < -0.3 is 13.9 Å². The highest BCUT2D eigenvalue weighted by Gasteiger charge is 2.26. The van der Waals surface area contributed by atoms with Gasteiger partial charge in [0.25, 0.3) is 5.56 Å². The van der Waals surface area contributed by atoms with Crippen molar-refractivity contribution in [1.29, 1.82) is 5.26 Å². The van der Waals surface area contributed by atoms with Gasteiger partial charge in [0.15, 0.2) is 5.76 Å². The summed E-state index contributed by atoms with van der Waals surface area (Å²) >= 11 is 0. The zero-order valence-corrected chi connectivity index (χ0v) is 12.6. The molecule has 0 fully saturated rings. The lowest BCUT2D eigenvalue weighted by molar-refractivity contribution is 0.100. The molecule has 0 radical (unpaired) electrons. The van der Waals surface area contributed by atoms with Crippen LogP contribution < -0.4 is 5.56 Å². The van der Waals surface area contributed by atoms with Gasteiger partial charge in [-0.25, -0.2) is 0 Å². The monoisotopic (exact) mass is 324 g/mol. The summed E-state index contributed by atoms with van der Waals surface area (Å²) in [6.07, 6.45) is 2.75. The lowest BCUT2D eigenvalue weighted by Gasteiger charge is -2.14. The van der Waals surface area contributed by atoms with E-state index >= 15 is 0 Å². The van der Waals surface area contributed by atoms with Crippen molar-refractivity contribution < 1.29 is 18.7 Å². The van der Waals surface area contributed by atoms with E-state index in [1.165, 1.54) is 31.6 Å². The van der Waals surface area contributed by atoms with Crippen LogP contribution in [-0.2, 0) is 6.54 Å². The number of nitriles is 1. The number of hydrogen-bond donors (Lipinski definition) is 1. The number of aromatic hydroxyl groups is 1. The molecule has 7 heteroatoms. The predicted octanol–water partition coefficient (Wildman–Crippen LogP) is 2.20. The molecule has 1 N–H and O–H groups in total. The van der Waals surface area contributed by atoms with Crippen molar-refractivity contribution in [2.45, 2.75) is 13.5 Å². The first kappa shape index (κ1) is 15.4.